The van der Waals surface area contributed by atoms with Gasteiger partial charge in [-0.1, -0.05) is 0 Å². The van der Waals surface area contributed by atoms with Gasteiger partial charge in [0.25, 0.3) is 0 Å². The van der Waals surface area contributed by atoms with Crippen molar-refractivity contribution in [2.45, 2.75) is 51.6 Å². The van der Waals surface area contributed by atoms with Gasteiger partial charge in [0.1, 0.15) is 17.8 Å². The monoisotopic (exact) mass is 529 g/mol. The molecule has 2 aliphatic heterocycles. The molecule has 0 aliphatic carbocycles. The largest absolute Gasteiger partial charge is 0.355 e. The molecule has 2 atom stereocenters. The zero-order valence-electron chi connectivity index (χ0n) is 21.1. The molecule has 4 rings (SSSR count). The summed E-state index contributed by atoms with van der Waals surface area (Å²) in [5.74, 6) is 1.20. The first-order valence-electron chi connectivity index (χ1n) is 12.3. The molecule has 2 fully saturated rings. The number of anilines is 1. The number of nitrogens with one attached hydrogen (secondary N) is 2. The topological polar surface area (TPSA) is 132 Å². The maximum atomic E-state index is 12.1. The zero-order chi connectivity index (χ0) is 25.6. The van der Waals surface area contributed by atoms with Crippen LogP contribution >= 0.6 is 0 Å². The van der Waals surface area contributed by atoms with Crippen molar-refractivity contribution >= 4 is 36.9 Å². The third-order valence-electron chi connectivity index (χ3n) is 6.88. The Morgan fingerprint density at radius 3 is 2.29 bits per heavy atom. The third-order valence-corrected chi connectivity index (χ3v) is 10.6. The number of nitrogens with zero attached hydrogens (tertiary/aromatic N) is 5. The van der Waals surface area contributed by atoms with E-state index in [0.717, 1.165) is 42.5 Å². The lowest BCUT2D eigenvalue weighted by Crippen LogP contribution is -2.49. The van der Waals surface area contributed by atoms with Gasteiger partial charge in [-0.05, 0) is 52.6 Å². The number of likely N-dealkylation sites (N-methyl/N-ethyl adjacent to an activating group) is 2. The lowest BCUT2D eigenvalue weighted by molar-refractivity contribution is 0.293. The van der Waals surface area contributed by atoms with E-state index in [1.165, 1.54) is 6.33 Å². The SMILES string of the molecule is CCS(=O)(=O)N1CCCC(N(C)c2ncnc3[nH]ccc23)C1.CCS(=O)(=O)N1CCCC(NC)C1. The van der Waals surface area contributed by atoms with Crippen molar-refractivity contribution in [1.29, 1.82) is 0 Å². The third kappa shape index (κ3) is 6.70. The Morgan fingerprint density at radius 1 is 1.03 bits per heavy atom. The minimum atomic E-state index is -3.13. The number of hydrogen-bond acceptors (Lipinski definition) is 8. The molecule has 2 N–H and O–H groups in total. The number of piperidine rings is 2. The number of sulfonamides is 2. The van der Waals surface area contributed by atoms with Crippen molar-refractivity contribution < 1.29 is 16.8 Å². The fraction of sp³-hybridized carbons (Fsp3) is 0.727. The van der Waals surface area contributed by atoms with Gasteiger partial charge in [-0.3, -0.25) is 0 Å². The van der Waals surface area contributed by atoms with Crippen LogP contribution in [0.4, 0.5) is 5.82 Å². The van der Waals surface area contributed by atoms with E-state index < -0.39 is 20.0 Å². The Kier molecular flexibility index (Phi) is 9.49. The Hall–Kier alpha value is -1.80. The van der Waals surface area contributed by atoms with Crippen molar-refractivity contribution in [2.24, 2.45) is 0 Å². The second-order valence-corrected chi connectivity index (χ2v) is 13.5. The van der Waals surface area contributed by atoms with Crippen LogP contribution in [0.15, 0.2) is 18.6 Å². The summed E-state index contributed by atoms with van der Waals surface area (Å²) in [5, 5.41) is 4.08. The van der Waals surface area contributed by atoms with Crippen molar-refractivity contribution in [3.8, 4) is 0 Å². The maximum Gasteiger partial charge on any atom is 0.213 e. The molecule has 4 heterocycles. The van der Waals surface area contributed by atoms with E-state index in [9.17, 15) is 16.8 Å². The number of H-pyrrole nitrogens is 1. The number of hydrogen-bond donors (Lipinski definition) is 2. The molecule has 198 valence electrons. The van der Waals surface area contributed by atoms with Gasteiger partial charge >= 0.3 is 0 Å². The van der Waals surface area contributed by atoms with Crippen molar-refractivity contribution in [1.82, 2.24) is 28.9 Å². The lowest BCUT2D eigenvalue weighted by Gasteiger charge is -2.37. The minimum Gasteiger partial charge on any atom is -0.355 e. The van der Waals surface area contributed by atoms with Crippen LogP contribution in [0.3, 0.4) is 0 Å². The van der Waals surface area contributed by atoms with Crippen LogP contribution in [0.2, 0.25) is 0 Å². The predicted octanol–water partition coefficient (Wildman–Crippen LogP) is 1.23. The summed E-state index contributed by atoms with van der Waals surface area (Å²) in [5.41, 5.74) is 0.797. The molecular weight excluding hydrogens is 490 g/mol. The summed E-state index contributed by atoms with van der Waals surface area (Å²) < 4.78 is 50.4. The van der Waals surface area contributed by atoms with Crippen LogP contribution in [0.5, 0.6) is 0 Å². The molecule has 2 aliphatic rings. The molecule has 0 amide bonds. The van der Waals surface area contributed by atoms with Crippen molar-refractivity contribution in [2.75, 3.05) is 56.7 Å². The first-order chi connectivity index (χ1) is 16.6. The highest BCUT2D eigenvalue weighted by Crippen LogP contribution is 2.26. The van der Waals surface area contributed by atoms with Gasteiger partial charge in [0.05, 0.1) is 16.9 Å². The smallest absolute Gasteiger partial charge is 0.213 e. The predicted molar refractivity (Wildman–Crippen MR) is 139 cm³/mol. The number of fused-ring (bicyclic) bond motifs is 1. The van der Waals surface area contributed by atoms with Crippen LogP contribution in [-0.4, -0.2) is 104 Å². The highest BCUT2D eigenvalue weighted by molar-refractivity contribution is 7.89. The van der Waals surface area contributed by atoms with Gasteiger partial charge in [0.2, 0.25) is 20.0 Å². The summed E-state index contributed by atoms with van der Waals surface area (Å²) in [4.78, 5) is 13.7. The summed E-state index contributed by atoms with van der Waals surface area (Å²) in [6, 6.07) is 2.41. The van der Waals surface area contributed by atoms with Crippen LogP contribution in [0.25, 0.3) is 11.0 Å². The number of aromatic nitrogens is 3. The average Bonchev–Trinajstić information content (AvgIpc) is 3.38. The molecule has 11 nitrogen and oxygen atoms in total. The van der Waals surface area contributed by atoms with Gasteiger partial charge in [-0.2, -0.15) is 4.31 Å². The molecule has 0 bridgehead atoms. The molecule has 2 saturated heterocycles. The summed E-state index contributed by atoms with van der Waals surface area (Å²) >= 11 is 0. The van der Waals surface area contributed by atoms with E-state index in [4.69, 9.17) is 0 Å². The Balaban J connectivity index is 0.000000225. The molecule has 2 aromatic heterocycles. The van der Waals surface area contributed by atoms with Gasteiger partial charge < -0.3 is 15.2 Å². The second-order valence-electron chi connectivity index (χ2n) is 8.99. The standard InChI is InChI=1S/C14H21N5O2S.C8H18N2O2S/c1-3-22(20,21)19-8-4-5-11(9-19)18(2)14-12-6-7-15-13(12)16-10-17-14;1-3-13(11,12)10-6-4-5-8(7-10)9-2/h6-7,10-11H,3-5,8-9H2,1-2H3,(H,15,16,17);8-9H,3-7H2,1-2H3. The molecule has 13 heteroatoms. The van der Waals surface area contributed by atoms with E-state index in [1.807, 2.05) is 26.4 Å². The average molecular weight is 530 g/mol. The van der Waals surface area contributed by atoms with E-state index in [1.54, 1.807) is 22.5 Å². The molecule has 0 aromatic carbocycles. The van der Waals surface area contributed by atoms with Crippen LogP contribution < -0.4 is 10.2 Å². The van der Waals surface area contributed by atoms with E-state index in [-0.39, 0.29) is 17.5 Å². The van der Waals surface area contributed by atoms with Crippen molar-refractivity contribution in [3.63, 3.8) is 0 Å². The zero-order valence-corrected chi connectivity index (χ0v) is 22.8. The fourth-order valence-corrected chi connectivity index (χ4v) is 6.95. The first kappa shape index (κ1) is 27.8. The van der Waals surface area contributed by atoms with Gasteiger partial charge in [0, 0.05) is 51.5 Å². The fourth-order valence-electron chi connectivity index (χ4n) is 4.60. The van der Waals surface area contributed by atoms with Gasteiger partial charge in [-0.15, -0.1) is 0 Å². The lowest BCUT2D eigenvalue weighted by atomic mass is 10.1. The highest BCUT2D eigenvalue weighted by Gasteiger charge is 2.31. The molecule has 2 aromatic rings. The maximum absolute atomic E-state index is 12.1. The van der Waals surface area contributed by atoms with Crippen molar-refractivity contribution in [3.05, 3.63) is 18.6 Å². The molecule has 0 spiro atoms. The van der Waals surface area contributed by atoms with Crippen LogP contribution in [0, 0.1) is 0 Å². The van der Waals surface area contributed by atoms with Gasteiger partial charge in [0.15, 0.2) is 0 Å². The Morgan fingerprint density at radius 2 is 1.66 bits per heavy atom. The van der Waals surface area contributed by atoms with Crippen LogP contribution in [-0.2, 0) is 20.0 Å². The summed E-state index contributed by atoms with van der Waals surface area (Å²) in [7, 11) is -2.25. The normalized spacial score (nSPS) is 22.5. The molecule has 0 radical (unpaired) electrons. The molecular formula is C22H39N7O4S2. The Labute approximate surface area is 209 Å². The van der Waals surface area contributed by atoms with E-state index in [2.05, 4.69) is 25.2 Å². The first-order valence-corrected chi connectivity index (χ1v) is 15.5. The molecule has 35 heavy (non-hydrogen) atoms. The highest BCUT2D eigenvalue weighted by atomic mass is 32.2. The van der Waals surface area contributed by atoms with Crippen LogP contribution in [0.1, 0.15) is 39.5 Å². The minimum absolute atomic E-state index is 0.128. The van der Waals surface area contributed by atoms with E-state index >= 15 is 0 Å². The summed E-state index contributed by atoms with van der Waals surface area (Å²) in [6.45, 7) is 5.84. The second kappa shape index (κ2) is 12.0. The quantitative estimate of drug-likeness (QED) is 0.547. The number of aromatic amines is 1. The van der Waals surface area contributed by atoms with Gasteiger partial charge in [-0.25, -0.2) is 31.1 Å². The molecule has 2 unspecified atom stereocenters. The molecule has 0 saturated carbocycles. The number of rotatable bonds is 7. The summed E-state index contributed by atoms with van der Waals surface area (Å²) in [6.07, 6.45) is 7.24. The van der Waals surface area contributed by atoms with E-state index in [0.29, 0.717) is 32.2 Å². The Bertz CT molecular complexity index is 1170.